The van der Waals surface area contributed by atoms with Gasteiger partial charge in [0.1, 0.15) is 11.9 Å². The Morgan fingerprint density at radius 1 is 1.11 bits per heavy atom. The SMILES string of the molecule is O=C(CC[C@H]1CN(c2ccc(N3CCNN(C(=O)N4CCOCC4)CC3)c(F)c2)C(=O)O1)C(F)F. The summed E-state index contributed by atoms with van der Waals surface area (Å²) < 4.78 is 50.3. The lowest BCUT2D eigenvalue weighted by Gasteiger charge is -2.32. The highest BCUT2D eigenvalue weighted by Gasteiger charge is 2.34. The average Bonchev–Trinajstić information content (AvgIpc) is 3.06. The van der Waals surface area contributed by atoms with Gasteiger partial charge < -0.3 is 19.3 Å². The number of cyclic esters (lactones) is 1. The molecule has 1 aromatic carbocycles. The number of anilines is 2. The second-order valence-electron chi connectivity index (χ2n) is 8.49. The minimum Gasteiger partial charge on any atom is -0.444 e. The van der Waals surface area contributed by atoms with Crippen molar-refractivity contribution in [3.8, 4) is 0 Å². The Morgan fingerprint density at radius 3 is 2.60 bits per heavy atom. The van der Waals surface area contributed by atoms with E-state index in [0.29, 0.717) is 58.2 Å². The molecule has 35 heavy (non-hydrogen) atoms. The van der Waals surface area contributed by atoms with Crippen molar-refractivity contribution < 1.29 is 37.0 Å². The average molecular weight is 499 g/mol. The van der Waals surface area contributed by atoms with Gasteiger partial charge in [0.05, 0.1) is 37.7 Å². The first kappa shape index (κ1) is 25.0. The summed E-state index contributed by atoms with van der Waals surface area (Å²) in [6.07, 6.45) is -4.91. The number of hydrazine groups is 1. The van der Waals surface area contributed by atoms with E-state index in [1.54, 1.807) is 17.0 Å². The van der Waals surface area contributed by atoms with Crippen LogP contribution < -0.4 is 15.2 Å². The topological polar surface area (TPSA) is 94.7 Å². The molecule has 192 valence electrons. The number of halogens is 3. The summed E-state index contributed by atoms with van der Waals surface area (Å²) in [5.41, 5.74) is 3.70. The molecule has 10 nitrogen and oxygen atoms in total. The van der Waals surface area contributed by atoms with Crippen LogP contribution in [0.1, 0.15) is 12.8 Å². The number of ketones is 1. The molecule has 0 radical (unpaired) electrons. The molecule has 4 rings (SSSR count). The second-order valence-corrected chi connectivity index (χ2v) is 8.49. The predicted molar refractivity (Wildman–Crippen MR) is 119 cm³/mol. The fraction of sp³-hybridized carbons (Fsp3) is 0.591. The van der Waals surface area contributed by atoms with E-state index in [4.69, 9.17) is 9.47 Å². The number of rotatable bonds is 6. The zero-order valence-electron chi connectivity index (χ0n) is 19.1. The van der Waals surface area contributed by atoms with E-state index in [-0.39, 0.29) is 24.7 Å². The molecule has 0 unspecified atom stereocenters. The van der Waals surface area contributed by atoms with Crippen LogP contribution in [0.5, 0.6) is 0 Å². The molecule has 1 aromatic rings. The number of nitrogens with zero attached hydrogens (tertiary/aromatic N) is 4. The van der Waals surface area contributed by atoms with Gasteiger partial charge in [0.25, 0.3) is 6.43 Å². The smallest absolute Gasteiger partial charge is 0.414 e. The van der Waals surface area contributed by atoms with Crippen LogP contribution in [0.4, 0.5) is 34.1 Å². The number of nitrogens with one attached hydrogen (secondary N) is 1. The number of alkyl halides is 2. The van der Waals surface area contributed by atoms with E-state index in [0.717, 1.165) is 0 Å². The lowest BCUT2D eigenvalue weighted by molar-refractivity contribution is -0.129. The van der Waals surface area contributed by atoms with Crippen molar-refractivity contribution in [1.82, 2.24) is 15.3 Å². The zero-order chi connectivity index (χ0) is 24.9. The highest BCUT2D eigenvalue weighted by molar-refractivity contribution is 5.90. The fourth-order valence-corrected chi connectivity index (χ4v) is 4.28. The molecule has 3 fully saturated rings. The van der Waals surface area contributed by atoms with Crippen LogP contribution in [0.2, 0.25) is 0 Å². The summed E-state index contributed by atoms with van der Waals surface area (Å²) in [5, 5.41) is 1.54. The molecule has 13 heteroatoms. The summed E-state index contributed by atoms with van der Waals surface area (Å²) in [6, 6.07) is 4.23. The van der Waals surface area contributed by atoms with E-state index in [1.807, 2.05) is 4.90 Å². The van der Waals surface area contributed by atoms with Gasteiger partial charge in [-0.05, 0) is 24.6 Å². The van der Waals surface area contributed by atoms with Crippen molar-refractivity contribution in [2.45, 2.75) is 25.4 Å². The van der Waals surface area contributed by atoms with Crippen molar-refractivity contribution in [2.24, 2.45) is 0 Å². The molecule has 0 bridgehead atoms. The number of morpholine rings is 1. The molecule has 3 aliphatic rings. The monoisotopic (exact) mass is 499 g/mol. The molecule has 0 spiro atoms. The fourth-order valence-electron chi connectivity index (χ4n) is 4.28. The Morgan fingerprint density at radius 2 is 1.89 bits per heavy atom. The van der Waals surface area contributed by atoms with E-state index in [1.165, 1.54) is 16.0 Å². The number of hydrogen-bond acceptors (Lipinski definition) is 7. The molecule has 1 atom stereocenters. The van der Waals surface area contributed by atoms with E-state index >= 15 is 4.39 Å². The van der Waals surface area contributed by atoms with Crippen molar-refractivity contribution in [3.05, 3.63) is 24.0 Å². The molecule has 1 N–H and O–H groups in total. The highest BCUT2D eigenvalue weighted by Crippen LogP contribution is 2.29. The number of hydrogen-bond donors (Lipinski definition) is 1. The summed E-state index contributed by atoms with van der Waals surface area (Å²) in [4.78, 5) is 40.8. The number of urea groups is 1. The van der Waals surface area contributed by atoms with Crippen molar-refractivity contribution in [1.29, 1.82) is 0 Å². The molecule has 0 aliphatic carbocycles. The lowest BCUT2D eigenvalue weighted by atomic mass is 10.1. The number of carbonyl (C=O) groups excluding carboxylic acids is 3. The standard InChI is InChI=1S/C22H28F3N5O5/c23-17-13-15(29-14-16(35-22(29)33)2-4-19(31)20(24)25)1-3-18(17)27-6-5-26-30(8-7-27)21(32)28-9-11-34-12-10-28/h1,3,13,16,20,26H,2,4-12,14H2/t16-/m0/s1. The van der Waals surface area contributed by atoms with Crippen LogP contribution in [0.3, 0.4) is 0 Å². The number of Topliss-reactive ketones (excluding diaryl/α,β-unsaturated/α-hetero) is 1. The summed E-state index contributed by atoms with van der Waals surface area (Å²) in [7, 11) is 0. The van der Waals surface area contributed by atoms with E-state index in [9.17, 15) is 23.2 Å². The number of benzene rings is 1. The third kappa shape index (κ3) is 5.96. The molecule has 0 saturated carbocycles. The van der Waals surface area contributed by atoms with Gasteiger partial charge in [-0.15, -0.1) is 0 Å². The van der Waals surface area contributed by atoms with Gasteiger partial charge in [-0.1, -0.05) is 0 Å². The maximum atomic E-state index is 15.1. The maximum absolute atomic E-state index is 15.1. The first-order chi connectivity index (χ1) is 16.8. The molecular weight excluding hydrogens is 471 g/mol. The molecule has 3 aliphatic heterocycles. The van der Waals surface area contributed by atoms with Crippen LogP contribution in [0.25, 0.3) is 0 Å². The summed E-state index contributed by atoms with van der Waals surface area (Å²) in [5.74, 6) is -1.74. The second kappa shape index (κ2) is 11.1. The first-order valence-electron chi connectivity index (χ1n) is 11.5. The third-order valence-corrected chi connectivity index (χ3v) is 6.20. The zero-order valence-corrected chi connectivity index (χ0v) is 19.1. The van der Waals surface area contributed by atoms with Gasteiger partial charge in [0, 0.05) is 39.1 Å². The third-order valence-electron chi connectivity index (χ3n) is 6.20. The van der Waals surface area contributed by atoms with Crippen LogP contribution >= 0.6 is 0 Å². The van der Waals surface area contributed by atoms with Crippen molar-refractivity contribution in [3.63, 3.8) is 0 Å². The van der Waals surface area contributed by atoms with Gasteiger partial charge in [-0.2, -0.15) is 0 Å². The quantitative estimate of drug-likeness (QED) is 0.639. The maximum Gasteiger partial charge on any atom is 0.414 e. The molecular formula is C22H28F3N5O5. The number of ether oxygens (including phenoxy) is 2. The van der Waals surface area contributed by atoms with E-state index < -0.39 is 36.6 Å². The van der Waals surface area contributed by atoms with Crippen LogP contribution in [-0.2, 0) is 14.3 Å². The minimum atomic E-state index is -3.05. The van der Waals surface area contributed by atoms with Gasteiger partial charge in [0.2, 0.25) is 0 Å². The molecule has 0 aromatic heterocycles. The Bertz CT molecular complexity index is 946. The Labute approximate surface area is 200 Å². The first-order valence-corrected chi connectivity index (χ1v) is 11.5. The largest absolute Gasteiger partial charge is 0.444 e. The Balaban J connectivity index is 1.35. The lowest BCUT2D eigenvalue weighted by Crippen LogP contribution is -2.53. The van der Waals surface area contributed by atoms with Crippen LogP contribution in [-0.4, -0.2) is 99.4 Å². The summed E-state index contributed by atoms with van der Waals surface area (Å²) in [6.45, 7) is 3.77. The Hall–Kier alpha value is -3.06. The van der Waals surface area contributed by atoms with E-state index in [2.05, 4.69) is 5.43 Å². The predicted octanol–water partition coefficient (Wildman–Crippen LogP) is 1.84. The van der Waals surface area contributed by atoms with Crippen molar-refractivity contribution in [2.75, 3.05) is 68.8 Å². The Kier molecular flexibility index (Phi) is 7.96. The van der Waals surface area contributed by atoms with Crippen LogP contribution in [0.15, 0.2) is 18.2 Å². The number of amides is 3. The summed E-state index contributed by atoms with van der Waals surface area (Å²) >= 11 is 0. The number of carbonyl (C=O) groups is 3. The van der Waals surface area contributed by atoms with Crippen molar-refractivity contribution >= 4 is 29.3 Å². The highest BCUT2D eigenvalue weighted by atomic mass is 19.3. The van der Waals surface area contributed by atoms with Gasteiger partial charge in [0.15, 0.2) is 5.78 Å². The van der Waals surface area contributed by atoms with Gasteiger partial charge in [-0.3, -0.25) is 14.7 Å². The molecule has 3 saturated heterocycles. The molecule has 3 heterocycles. The normalized spacial score (nSPS) is 21.4. The molecule has 3 amide bonds. The van der Waals surface area contributed by atoms with Gasteiger partial charge in [-0.25, -0.2) is 28.2 Å². The van der Waals surface area contributed by atoms with Gasteiger partial charge >= 0.3 is 12.1 Å². The van der Waals surface area contributed by atoms with Crippen LogP contribution in [0, 0.1) is 5.82 Å². The minimum absolute atomic E-state index is 0.0214.